The van der Waals surface area contributed by atoms with Crippen molar-refractivity contribution >= 4 is 11.6 Å². The van der Waals surface area contributed by atoms with E-state index in [9.17, 15) is 4.79 Å². The molecule has 0 radical (unpaired) electrons. The molecule has 1 atom stereocenters. The van der Waals surface area contributed by atoms with Crippen LogP contribution < -0.4 is 14.8 Å². The number of nitrogens with zero attached hydrogens (tertiary/aromatic N) is 3. The first kappa shape index (κ1) is 17.5. The zero-order valence-electron chi connectivity index (χ0n) is 14.8. The van der Waals surface area contributed by atoms with E-state index in [1.54, 1.807) is 37.0 Å². The van der Waals surface area contributed by atoms with E-state index in [0.29, 0.717) is 17.2 Å². The minimum absolute atomic E-state index is 0.249. The van der Waals surface area contributed by atoms with Gasteiger partial charge in [0.05, 0.1) is 24.7 Å². The van der Waals surface area contributed by atoms with E-state index < -0.39 is 6.10 Å². The van der Waals surface area contributed by atoms with Crippen molar-refractivity contribution in [2.24, 2.45) is 0 Å². The summed E-state index contributed by atoms with van der Waals surface area (Å²) in [6, 6.07) is 14.6. The Morgan fingerprint density at radius 1 is 1.12 bits per heavy atom. The fourth-order valence-electron chi connectivity index (χ4n) is 2.43. The molecule has 1 heterocycles. The van der Waals surface area contributed by atoms with Crippen molar-refractivity contribution in [2.45, 2.75) is 20.0 Å². The molecule has 26 heavy (non-hydrogen) atoms. The molecule has 1 aromatic heterocycles. The summed E-state index contributed by atoms with van der Waals surface area (Å²) >= 11 is 0. The van der Waals surface area contributed by atoms with Crippen molar-refractivity contribution in [3.05, 3.63) is 60.4 Å². The molecule has 1 unspecified atom stereocenters. The molecule has 2 aromatic carbocycles. The standard InChI is InChI=1S/C19H20N4O3/c1-13-12-20-22-23(13)16-10-8-15(9-11-16)21-19(24)14(2)26-18-7-5-4-6-17(18)25-3/h4-12,14H,1-3H3,(H,21,24). The lowest BCUT2D eigenvalue weighted by Gasteiger charge is -2.16. The second-order valence-electron chi connectivity index (χ2n) is 5.73. The summed E-state index contributed by atoms with van der Waals surface area (Å²) < 4.78 is 12.7. The van der Waals surface area contributed by atoms with Crippen LogP contribution in [0.3, 0.4) is 0 Å². The normalized spacial score (nSPS) is 11.7. The van der Waals surface area contributed by atoms with Gasteiger partial charge < -0.3 is 14.8 Å². The van der Waals surface area contributed by atoms with Gasteiger partial charge in [-0.15, -0.1) is 5.10 Å². The van der Waals surface area contributed by atoms with Crippen molar-refractivity contribution in [3.8, 4) is 17.2 Å². The van der Waals surface area contributed by atoms with Gasteiger partial charge in [-0.3, -0.25) is 4.79 Å². The summed E-state index contributed by atoms with van der Waals surface area (Å²) in [5.74, 6) is 0.856. The highest BCUT2D eigenvalue weighted by Crippen LogP contribution is 2.27. The minimum Gasteiger partial charge on any atom is -0.493 e. The third-order valence-corrected chi connectivity index (χ3v) is 3.84. The smallest absolute Gasteiger partial charge is 0.265 e. The number of carbonyl (C=O) groups is 1. The Bertz CT molecular complexity index is 890. The number of hydrogen-bond donors (Lipinski definition) is 1. The predicted octanol–water partition coefficient (Wildman–Crippen LogP) is 2.99. The first-order valence-corrected chi connectivity index (χ1v) is 8.17. The maximum absolute atomic E-state index is 12.4. The van der Waals surface area contributed by atoms with Gasteiger partial charge in [0.1, 0.15) is 0 Å². The molecule has 0 aliphatic carbocycles. The van der Waals surface area contributed by atoms with Gasteiger partial charge in [-0.25, -0.2) is 4.68 Å². The number of aryl methyl sites for hydroxylation is 1. The highest BCUT2D eigenvalue weighted by Gasteiger charge is 2.17. The second-order valence-corrected chi connectivity index (χ2v) is 5.73. The van der Waals surface area contributed by atoms with E-state index in [1.807, 2.05) is 43.3 Å². The van der Waals surface area contributed by atoms with E-state index in [1.165, 1.54) is 0 Å². The fraction of sp³-hybridized carbons (Fsp3) is 0.211. The largest absolute Gasteiger partial charge is 0.493 e. The summed E-state index contributed by atoms with van der Waals surface area (Å²) in [7, 11) is 1.56. The number of ether oxygens (including phenoxy) is 2. The maximum atomic E-state index is 12.4. The molecular formula is C19H20N4O3. The minimum atomic E-state index is -0.677. The highest BCUT2D eigenvalue weighted by atomic mass is 16.5. The summed E-state index contributed by atoms with van der Waals surface area (Å²) in [6.07, 6.45) is 1.01. The Labute approximate surface area is 151 Å². The van der Waals surface area contributed by atoms with Crippen molar-refractivity contribution in [1.82, 2.24) is 15.0 Å². The zero-order chi connectivity index (χ0) is 18.5. The third-order valence-electron chi connectivity index (χ3n) is 3.84. The number of hydrogen-bond acceptors (Lipinski definition) is 5. The number of aromatic nitrogens is 3. The van der Waals surface area contributed by atoms with Crippen LogP contribution in [0, 0.1) is 6.92 Å². The fourth-order valence-corrected chi connectivity index (χ4v) is 2.43. The van der Waals surface area contributed by atoms with Crippen LogP contribution in [0.2, 0.25) is 0 Å². The lowest BCUT2D eigenvalue weighted by atomic mass is 10.2. The molecule has 0 bridgehead atoms. The van der Waals surface area contributed by atoms with Gasteiger partial charge in [-0.1, -0.05) is 17.3 Å². The Morgan fingerprint density at radius 2 is 1.81 bits per heavy atom. The molecule has 1 amide bonds. The molecule has 0 saturated carbocycles. The molecule has 0 saturated heterocycles. The number of para-hydroxylation sites is 2. The summed E-state index contributed by atoms with van der Waals surface area (Å²) in [4.78, 5) is 12.4. The monoisotopic (exact) mass is 352 g/mol. The van der Waals surface area contributed by atoms with Crippen molar-refractivity contribution in [3.63, 3.8) is 0 Å². The number of benzene rings is 2. The Balaban J connectivity index is 1.65. The van der Waals surface area contributed by atoms with Crippen LogP contribution in [0.4, 0.5) is 5.69 Å². The van der Waals surface area contributed by atoms with Crippen molar-refractivity contribution < 1.29 is 14.3 Å². The first-order valence-electron chi connectivity index (χ1n) is 8.17. The molecular weight excluding hydrogens is 332 g/mol. The number of carbonyl (C=O) groups excluding carboxylic acids is 1. The lowest BCUT2D eigenvalue weighted by Crippen LogP contribution is -2.30. The number of methoxy groups -OCH3 is 1. The van der Waals surface area contributed by atoms with Gasteiger partial charge in [0, 0.05) is 5.69 Å². The second kappa shape index (κ2) is 7.69. The average Bonchev–Trinajstić information content (AvgIpc) is 3.08. The van der Waals surface area contributed by atoms with E-state index in [0.717, 1.165) is 11.4 Å². The van der Waals surface area contributed by atoms with Crippen LogP contribution in [0.1, 0.15) is 12.6 Å². The van der Waals surface area contributed by atoms with Crippen LogP contribution in [0.25, 0.3) is 5.69 Å². The van der Waals surface area contributed by atoms with Gasteiger partial charge >= 0.3 is 0 Å². The topological polar surface area (TPSA) is 78.3 Å². The predicted molar refractivity (Wildman–Crippen MR) is 97.8 cm³/mol. The quantitative estimate of drug-likeness (QED) is 0.738. The Kier molecular flexibility index (Phi) is 5.17. The van der Waals surface area contributed by atoms with Crippen molar-refractivity contribution in [1.29, 1.82) is 0 Å². The van der Waals surface area contributed by atoms with Crippen LogP contribution in [0.5, 0.6) is 11.5 Å². The third kappa shape index (κ3) is 3.83. The van der Waals surface area contributed by atoms with Crippen LogP contribution in [-0.4, -0.2) is 34.1 Å². The summed E-state index contributed by atoms with van der Waals surface area (Å²) in [6.45, 7) is 3.61. The SMILES string of the molecule is COc1ccccc1OC(C)C(=O)Nc1ccc(-n2nncc2C)cc1. The van der Waals surface area contributed by atoms with E-state index >= 15 is 0 Å². The summed E-state index contributed by atoms with van der Waals surface area (Å²) in [5, 5.41) is 10.7. The molecule has 0 spiro atoms. The van der Waals surface area contributed by atoms with Crippen LogP contribution in [0.15, 0.2) is 54.7 Å². The highest BCUT2D eigenvalue weighted by molar-refractivity contribution is 5.94. The summed E-state index contributed by atoms with van der Waals surface area (Å²) in [5.41, 5.74) is 2.48. The maximum Gasteiger partial charge on any atom is 0.265 e. The van der Waals surface area contributed by atoms with Crippen LogP contribution in [-0.2, 0) is 4.79 Å². The number of nitrogens with one attached hydrogen (secondary N) is 1. The lowest BCUT2D eigenvalue weighted by molar-refractivity contribution is -0.122. The first-order chi connectivity index (χ1) is 12.6. The molecule has 0 fully saturated rings. The molecule has 3 rings (SSSR count). The number of amides is 1. The molecule has 3 aromatic rings. The number of anilines is 1. The number of rotatable bonds is 6. The Morgan fingerprint density at radius 3 is 2.42 bits per heavy atom. The van der Waals surface area contributed by atoms with Gasteiger partial charge in [-0.05, 0) is 50.2 Å². The van der Waals surface area contributed by atoms with Gasteiger partial charge in [-0.2, -0.15) is 0 Å². The molecule has 7 nitrogen and oxygen atoms in total. The van der Waals surface area contributed by atoms with Crippen LogP contribution >= 0.6 is 0 Å². The zero-order valence-corrected chi connectivity index (χ0v) is 14.8. The average molecular weight is 352 g/mol. The molecule has 0 aliphatic rings. The van der Waals surface area contributed by atoms with Crippen molar-refractivity contribution in [2.75, 3.05) is 12.4 Å². The molecule has 134 valence electrons. The molecule has 1 N–H and O–H groups in total. The van der Waals surface area contributed by atoms with Gasteiger partial charge in [0.15, 0.2) is 17.6 Å². The Hall–Kier alpha value is -3.35. The molecule has 0 aliphatic heterocycles. The molecule has 7 heteroatoms. The van der Waals surface area contributed by atoms with Gasteiger partial charge in [0.25, 0.3) is 5.91 Å². The van der Waals surface area contributed by atoms with E-state index in [2.05, 4.69) is 15.6 Å². The van der Waals surface area contributed by atoms with Gasteiger partial charge in [0.2, 0.25) is 0 Å². The van der Waals surface area contributed by atoms with E-state index in [4.69, 9.17) is 9.47 Å². The van der Waals surface area contributed by atoms with E-state index in [-0.39, 0.29) is 5.91 Å².